The van der Waals surface area contributed by atoms with Crippen LogP contribution in [0.15, 0.2) is 0 Å². The summed E-state index contributed by atoms with van der Waals surface area (Å²) in [6, 6.07) is -1.65. The standard InChI is InChI=1S/C41H66N4O14.C7H17NO5.Gd/c1-24(4-11-34(48)49)28-7-8-29-27-6-5-25-18-26(12-13-40(25,2)30(27)19-32(46)41(28,29)3)42-33(47)10-9-31(39(58)59)45(16-14-43(20-35(50)51)21-36(52)53)17-15-44(22-37(54)55)23-38(56)57;1-8-2-4(10)6(12)7(13)5(11)3-9;/h24-32,46H,4-23H2,1-3H3,(H,42,47)(H,48,49)(H,50,51)(H,52,53)(H,54,55)(H,56,57)(H,58,59);4-13H,2-3H2,1H3;/q;;+3/p-5/t24?,25-,26+,27?,28-,29?,30?,31?,32+,40+,41-;4-,5+,6+,7+;/m10./s1. The molecule has 0 aliphatic heterocycles. The molecule has 4 aliphatic rings. The molecular formula is C48H78GdN5O19-2. The first-order valence-corrected chi connectivity index (χ1v) is 25.2. The Morgan fingerprint density at radius 2 is 1.22 bits per heavy atom. The molecule has 0 bridgehead atoms. The number of hydrogen-bond donors (Lipinski definition) is 8. The van der Waals surface area contributed by atoms with Crippen LogP contribution in [0.3, 0.4) is 0 Å². The van der Waals surface area contributed by atoms with Crippen LogP contribution in [0.2, 0.25) is 0 Å². The first kappa shape index (κ1) is 66.3. The minimum absolute atomic E-state index is 0. The molecule has 419 valence electrons. The molecule has 4 rings (SSSR count). The van der Waals surface area contributed by atoms with E-state index in [2.05, 4.69) is 26.1 Å². The maximum absolute atomic E-state index is 13.4. The third-order valence-electron chi connectivity index (χ3n) is 16.7. The number of carboxylic acid groups (broad SMARTS) is 6. The van der Waals surface area contributed by atoms with Crippen molar-refractivity contribution in [1.82, 2.24) is 20.0 Å². The van der Waals surface area contributed by atoms with Gasteiger partial charge in [0.25, 0.3) is 0 Å². The van der Waals surface area contributed by atoms with Gasteiger partial charge in [0.2, 0.25) is 5.91 Å². The molecule has 4 aliphatic carbocycles. The Bertz CT molecular complexity index is 1750. The largest absolute Gasteiger partial charge is 3.00 e. The average molecular weight is 1190 g/mol. The van der Waals surface area contributed by atoms with Gasteiger partial charge in [0.15, 0.2) is 0 Å². The van der Waals surface area contributed by atoms with Crippen LogP contribution in [0.1, 0.15) is 97.8 Å². The summed E-state index contributed by atoms with van der Waals surface area (Å²) in [5, 5.41) is 130. The van der Waals surface area contributed by atoms with Crippen LogP contribution >= 0.6 is 0 Å². The van der Waals surface area contributed by atoms with E-state index in [4.69, 9.17) is 15.3 Å². The molecule has 0 spiro atoms. The molecule has 1 radical (unpaired) electrons. The number of hydrogen-bond acceptors (Lipinski definition) is 22. The SMILES string of the molecule is CC(CCC(=O)[O-])[C@H]1CCC2C3CC[C@@H]4C[C@@H](NC(=O)CCC(C(=O)[O-])N(CCN(CC(=O)[O-])CC(=O)[O-])CCN(CC(=O)[O-])CC(=O)[O-])CC[C@]4(C)C3C[C@H](O)[C@@]21C.C[NH2+]C[C@H](O)[C@@H](O)[C@H](O)[C@H](O)CO.[Gd+3]. The zero-order chi connectivity index (χ0) is 54.2. The Hall–Kier alpha value is -2.79. The quantitative estimate of drug-likeness (QED) is 0.0331. The molecule has 1 amide bonds. The molecule has 0 saturated heterocycles. The topological polar surface area (TPSA) is 418 Å². The number of aliphatic hydroxyl groups is 6. The number of carbonyl (C=O) groups is 7. The Morgan fingerprint density at radius 3 is 1.70 bits per heavy atom. The third-order valence-corrected chi connectivity index (χ3v) is 16.7. The molecule has 5 unspecified atom stereocenters. The van der Waals surface area contributed by atoms with Crippen LogP contribution in [0, 0.1) is 86.3 Å². The molecule has 15 atom stereocenters. The first-order chi connectivity index (χ1) is 33.7. The fraction of sp³-hybridized carbons (Fsp3) is 0.854. The van der Waals surface area contributed by atoms with E-state index in [-0.39, 0.29) is 121 Å². The predicted octanol–water partition coefficient (Wildman–Crippen LogP) is -10.3. The van der Waals surface area contributed by atoms with E-state index >= 15 is 0 Å². The third kappa shape index (κ3) is 19.0. The number of carboxylic acids is 6. The Kier molecular flexibility index (Phi) is 28.0. The van der Waals surface area contributed by atoms with Crippen LogP contribution < -0.4 is 41.3 Å². The van der Waals surface area contributed by atoms with Crippen molar-refractivity contribution in [2.75, 3.05) is 72.6 Å². The van der Waals surface area contributed by atoms with Crippen molar-refractivity contribution in [3.05, 3.63) is 0 Å². The summed E-state index contributed by atoms with van der Waals surface area (Å²) in [6.07, 6.45) is 0.870. The van der Waals surface area contributed by atoms with Crippen molar-refractivity contribution in [3.63, 3.8) is 0 Å². The Morgan fingerprint density at radius 1 is 0.685 bits per heavy atom. The summed E-state index contributed by atoms with van der Waals surface area (Å²) >= 11 is 0. The van der Waals surface area contributed by atoms with Gasteiger partial charge < -0.3 is 101 Å². The Balaban J connectivity index is 0.00000114. The van der Waals surface area contributed by atoms with Crippen molar-refractivity contribution in [2.45, 2.75) is 140 Å². The van der Waals surface area contributed by atoms with Gasteiger partial charge in [-0.15, -0.1) is 0 Å². The van der Waals surface area contributed by atoms with Crippen molar-refractivity contribution in [2.24, 2.45) is 46.3 Å². The summed E-state index contributed by atoms with van der Waals surface area (Å²) in [5.74, 6) is -7.68. The van der Waals surface area contributed by atoms with Crippen LogP contribution in [0.4, 0.5) is 0 Å². The first-order valence-electron chi connectivity index (χ1n) is 25.2. The van der Waals surface area contributed by atoms with Crippen LogP contribution in [-0.2, 0) is 33.6 Å². The van der Waals surface area contributed by atoms with E-state index in [0.29, 0.717) is 42.9 Å². The van der Waals surface area contributed by atoms with E-state index < -0.39 is 111 Å². The number of quaternary nitrogens is 1. The second-order valence-electron chi connectivity index (χ2n) is 21.1. The van der Waals surface area contributed by atoms with E-state index in [1.54, 1.807) is 12.4 Å². The zero-order valence-electron chi connectivity index (χ0n) is 42.3. The van der Waals surface area contributed by atoms with Crippen LogP contribution in [0.25, 0.3) is 0 Å². The van der Waals surface area contributed by atoms with E-state index in [0.717, 1.165) is 48.3 Å². The van der Waals surface area contributed by atoms with Gasteiger partial charge in [-0.25, -0.2) is 0 Å². The Labute approximate surface area is 458 Å². The molecule has 4 fully saturated rings. The number of nitrogens with zero attached hydrogens (tertiary/aromatic N) is 3. The van der Waals surface area contributed by atoms with Gasteiger partial charge in [-0.2, -0.15) is 0 Å². The van der Waals surface area contributed by atoms with E-state index in [9.17, 15) is 79.5 Å². The summed E-state index contributed by atoms with van der Waals surface area (Å²) in [5.41, 5.74) is -0.329. The van der Waals surface area contributed by atoms with Gasteiger partial charge in [-0.3, -0.25) is 19.5 Å². The van der Waals surface area contributed by atoms with Crippen molar-refractivity contribution >= 4 is 41.7 Å². The second-order valence-corrected chi connectivity index (χ2v) is 21.1. The number of carbonyl (C=O) groups excluding carboxylic acids is 7. The van der Waals surface area contributed by atoms with Crippen molar-refractivity contribution in [1.29, 1.82) is 0 Å². The van der Waals surface area contributed by atoms with Gasteiger partial charge in [-0.05, 0) is 117 Å². The van der Waals surface area contributed by atoms with Crippen molar-refractivity contribution < 1.29 is 140 Å². The minimum Gasteiger partial charge on any atom is -0.550 e. The maximum atomic E-state index is 13.4. The molecule has 0 aromatic rings. The predicted molar refractivity (Wildman–Crippen MR) is 238 cm³/mol. The number of fused-ring (bicyclic) bond motifs is 5. The zero-order valence-corrected chi connectivity index (χ0v) is 44.6. The van der Waals surface area contributed by atoms with Crippen LogP contribution in [0.5, 0.6) is 0 Å². The molecule has 25 heteroatoms. The fourth-order valence-electron chi connectivity index (χ4n) is 12.9. The minimum atomic E-state index is -1.60. The van der Waals surface area contributed by atoms with Gasteiger partial charge in [0.1, 0.15) is 31.0 Å². The van der Waals surface area contributed by atoms with Gasteiger partial charge in [0, 0.05) is 76.8 Å². The normalized spacial score (nSPS) is 28.9. The number of amides is 1. The maximum Gasteiger partial charge on any atom is 3.00 e. The second kappa shape index (κ2) is 30.8. The van der Waals surface area contributed by atoms with Gasteiger partial charge in [-0.1, -0.05) is 20.8 Å². The van der Waals surface area contributed by atoms with Gasteiger partial charge in [0.05, 0.1) is 49.6 Å². The van der Waals surface area contributed by atoms with E-state index in [1.807, 2.05) is 0 Å². The number of aliphatic hydroxyl groups excluding tert-OH is 6. The molecule has 24 nitrogen and oxygen atoms in total. The number of likely N-dealkylation sites (N-methyl/N-ethyl adjacent to an activating group) is 1. The van der Waals surface area contributed by atoms with E-state index in [1.165, 1.54) is 4.90 Å². The summed E-state index contributed by atoms with van der Waals surface area (Å²) in [4.78, 5) is 85.2. The molecule has 9 N–H and O–H groups in total. The monoisotopic (exact) mass is 1190 g/mol. The average Bonchev–Trinajstić information content (AvgIpc) is 3.66. The smallest absolute Gasteiger partial charge is 0.550 e. The molecule has 73 heavy (non-hydrogen) atoms. The fourth-order valence-corrected chi connectivity index (χ4v) is 12.9. The van der Waals surface area contributed by atoms with Gasteiger partial charge >= 0.3 is 39.9 Å². The number of nitrogens with two attached hydrogens (primary N) is 1. The summed E-state index contributed by atoms with van der Waals surface area (Å²) in [7, 11) is 1.70. The molecule has 4 saturated carbocycles. The molecule has 0 aromatic heterocycles. The molecular weight excluding hydrogens is 1110 g/mol. The van der Waals surface area contributed by atoms with Crippen LogP contribution in [-0.4, -0.2) is 202 Å². The number of aliphatic carboxylic acids is 6. The number of nitrogens with one attached hydrogen (secondary N) is 1. The molecule has 0 heterocycles. The number of rotatable bonds is 30. The molecule has 0 aromatic carbocycles. The summed E-state index contributed by atoms with van der Waals surface area (Å²) < 4.78 is 0. The van der Waals surface area contributed by atoms with Crippen molar-refractivity contribution in [3.8, 4) is 0 Å². The summed E-state index contributed by atoms with van der Waals surface area (Å²) in [6.45, 7) is 1.71.